The summed E-state index contributed by atoms with van der Waals surface area (Å²) in [5.74, 6) is -3.82. The standard InChI is InChI=1S/C18H20F2N2O3S.ClH/c19-18(20)26(24,25)16-8-6-15(7-9-16)17(23)22(13-11-21)12-10-14-4-2-1-3-5-14;/h1-9,18H,10-13,21H2;1H. The van der Waals surface area contributed by atoms with Crippen LogP contribution in [0.4, 0.5) is 8.78 Å². The first kappa shape index (κ1) is 23.0. The van der Waals surface area contributed by atoms with E-state index >= 15 is 0 Å². The average molecular weight is 419 g/mol. The lowest BCUT2D eigenvalue weighted by molar-refractivity contribution is 0.0762. The molecule has 0 aliphatic carbocycles. The van der Waals surface area contributed by atoms with Gasteiger partial charge in [0.05, 0.1) is 4.90 Å². The number of rotatable bonds is 8. The smallest absolute Gasteiger partial charge is 0.337 e. The molecule has 2 aromatic carbocycles. The van der Waals surface area contributed by atoms with Gasteiger partial charge in [0.25, 0.3) is 5.91 Å². The van der Waals surface area contributed by atoms with Crippen LogP contribution in [0.5, 0.6) is 0 Å². The highest BCUT2D eigenvalue weighted by Gasteiger charge is 2.26. The average Bonchev–Trinajstić information content (AvgIpc) is 2.65. The second-order valence-corrected chi connectivity index (χ2v) is 7.56. The molecule has 9 heteroatoms. The topological polar surface area (TPSA) is 80.5 Å². The zero-order valence-electron chi connectivity index (χ0n) is 14.4. The molecule has 2 rings (SSSR count). The van der Waals surface area contributed by atoms with E-state index in [0.29, 0.717) is 19.5 Å². The van der Waals surface area contributed by atoms with Gasteiger partial charge in [0.1, 0.15) is 0 Å². The van der Waals surface area contributed by atoms with Gasteiger partial charge in [0.2, 0.25) is 9.84 Å². The fourth-order valence-corrected chi connectivity index (χ4v) is 3.17. The van der Waals surface area contributed by atoms with Crippen LogP contribution in [0.2, 0.25) is 0 Å². The van der Waals surface area contributed by atoms with Crippen LogP contribution in [0.25, 0.3) is 0 Å². The van der Waals surface area contributed by atoms with E-state index in [9.17, 15) is 22.0 Å². The Morgan fingerprint density at radius 2 is 1.59 bits per heavy atom. The van der Waals surface area contributed by atoms with Gasteiger partial charge < -0.3 is 10.6 Å². The molecule has 0 unspecified atom stereocenters. The maximum Gasteiger partial charge on any atom is 0.341 e. The number of halogens is 3. The van der Waals surface area contributed by atoms with Crippen molar-refractivity contribution in [2.45, 2.75) is 17.1 Å². The maximum atomic E-state index is 12.6. The minimum atomic E-state index is -4.67. The molecule has 0 spiro atoms. The molecule has 1 amide bonds. The molecule has 0 saturated carbocycles. The van der Waals surface area contributed by atoms with E-state index in [-0.39, 0.29) is 30.4 Å². The summed E-state index contributed by atoms with van der Waals surface area (Å²) in [7, 11) is -4.67. The molecule has 148 valence electrons. The molecule has 5 nitrogen and oxygen atoms in total. The van der Waals surface area contributed by atoms with Crippen molar-refractivity contribution in [1.29, 1.82) is 0 Å². The Bertz CT molecular complexity index is 831. The van der Waals surface area contributed by atoms with E-state index < -0.39 is 20.5 Å². The third kappa shape index (κ3) is 5.98. The number of benzene rings is 2. The summed E-state index contributed by atoms with van der Waals surface area (Å²) in [6.07, 6.45) is 0.643. The molecule has 0 bridgehead atoms. The first-order valence-electron chi connectivity index (χ1n) is 8.01. The van der Waals surface area contributed by atoms with Crippen molar-refractivity contribution in [3.05, 3.63) is 65.7 Å². The monoisotopic (exact) mass is 418 g/mol. The molecule has 0 heterocycles. The number of alkyl halides is 2. The fourth-order valence-electron chi connectivity index (χ4n) is 2.45. The SMILES string of the molecule is Cl.NCCN(CCc1ccccc1)C(=O)c1ccc(S(=O)(=O)C(F)F)cc1. The second kappa shape index (κ2) is 10.3. The number of hydrogen-bond donors (Lipinski definition) is 1. The van der Waals surface area contributed by atoms with Crippen molar-refractivity contribution in [1.82, 2.24) is 4.90 Å². The summed E-state index contributed by atoms with van der Waals surface area (Å²) in [4.78, 5) is 13.7. The highest BCUT2D eigenvalue weighted by atomic mass is 35.5. The normalized spacial score (nSPS) is 11.1. The van der Waals surface area contributed by atoms with Gasteiger partial charge in [-0.3, -0.25) is 4.79 Å². The van der Waals surface area contributed by atoms with E-state index in [1.54, 1.807) is 4.90 Å². The predicted octanol–water partition coefficient (Wildman–Crippen LogP) is 2.75. The van der Waals surface area contributed by atoms with Crippen LogP contribution >= 0.6 is 12.4 Å². The molecule has 2 N–H and O–H groups in total. The predicted molar refractivity (Wildman–Crippen MR) is 102 cm³/mol. The molecule has 0 aliphatic rings. The minimum Gasteiger partial charge on any atom is -0.337 e. The van der Waals surface area contributed by atoms with Crippen LogP contribution in [0.15, 0.2) is 59.5 Å². The lowest BCUT2D eigenvalue weighted by Gasteiger charge is -2.22. The van der Waals surface area contributed by atoms with Gasteiger partial charge in [0.15, 0.2) is 0 Å². The fraction of sp³-hybridized carbons (Fsp3) is 0.278. The summed E-state index contributed by atoms with van der Waals surface area (Å²) in [6, 6.07) is 14.1. The van der Waals surface area contributed by atoms with Crippen LogP contribution < -0.4 is 5.73 Å². The Morgan fingerprint density at radius 3 is 2.11 bits per heavy atom. The molecule has 0 radical (unpaired) electrons. The van der Waals surface area contributed by atoms with Crippen molar-refractivity contribution in [2.24, 2.45) is 5.73 Å². The Labute approximate surface area is 163 Å². The van der Waals surface area contributed by atoms with Crippen molar-refractivity contribution in [3.63, 3.8) is 0 Å². The summed E-state index contributed by atoms with van der Waals surface area (Å²) in [6.45, 7) is 1.05. The number of carbonyl (C=O) groups is 1. The Hall–Kier alpha value is -2.03. The summed E-state index contributed by atoms with van der Waals surface area (Å²) in [5.41, 5.74) is 6.86. The molecule has 0 fully saturated rings. The zero-order chi connectivity index (χ0) is 19.2. The van der Waals surface area contributed by atoms with E-state index in [1.165, 1.54) is 12.1 Å². The largest absolute Gasteiger partial charge is 0.341 e. The molecule has 0 atom stereocenters. The van der Waals surface area contributed by atoms with E-state index in [0.717, 1.165) is 17.7 Å². The van der Waals surface area contributed by atoms with Gasteiger partial charge >= 0.3 is 5.76 Å². The van der Waals surface area contributed by atoms with Crippen LogP contribution in [0.1, 0.15) is 15.9 Å². The van der Waals surface area contributed by atoms with Crippen LogP contribution in [-0.4, -0.2) is 44.6 Å². The summed E-state index contributed by atoms with van der Waals surface area (Å²) >= 11 is 0. The molecule has 27 heavy (non-hydrogen) atoms. The lowest BCUT2D eigenvalue weighted by Crippen LogP contribution is -2.37. The summed E-state index contributed by atoms with van der Waals surface area (Å²) in [5, 5.41) is 0. The molecule has 2 aromatic rings. The van der Waals surface area contributed by atoms with Gasteiger partial charge in [0, 0.05) is 25.2 Å². The molecular formula is C18H21ClF2N2O3S. The molecule has 0 aliphatic heterocycles. The number of nitrogens with two attached hydrogens (primary N) is 1. The van der Waals surface area contributed by atoms with E-state index in [1.807, 2.05) is 30.3 Å². The highest BCUT2D eigenvalue weighted by Crippen LogP contribution is 2.19. The number of hydrogen-bond acceptors (Lipinski definition) is 4. The van der Waals surface area contributed by atoms with Crippen LogP contribution in [-0.2, 0) is 16.3 Å². The quantitative estimate of drug-likeness (QED) is 0.714. The molecular weight excluding hydrogens is 398 g/mol. The summed E-state index contributed by atoms with van der Waals surface area (Å²) < 4.78 is 48.0. The van der Waals surface area contributed by atoms with Crippen LogP contribution in [0.3, 0.4) is 0 Å². The third-order valence-electron chi connectivity index (χ3n) is 3.86. The Morgan fingerprint density at radius 1 is 1.00 bits per heavy atom. The van der Waals surface area contributed by atoms with E-state index in [2.05, 4.69) is 0 Å². The lowest BCUT2D eigenvalue weighted by atomic mass is 10.1. The number of amides is 1. The van der Waals surface area contributed by atoms with E-state index in [4.69, 9.17) is 5.73 Å². The Balaban J connectivity index is 0.00000364. The second-order valence-electron chi connectivity index (χ2n) is 5.65. The van der Waals surface area contributed by atoms with Gasteiger partial charge in [-0.2, -0.15) is 8.78 Å². The van der Waals surface area contributed by atoms with Crippen molar-refractivity contribution in [2.75, 3.05) is 19.6 Å². The van der Waals surface area contributed by atoms with Crippen molar-refractivity contribution >= 4 is 28.2 Å². The van der Waals surface area contributed by atoms with Gasteiger partial charge in [-0.15, -0.1) is 12.4 Å². The molecule has 0 aromatic heterocycles. The number of nitrogens with zero attached hydrogens (tertiary/aromatic N) is 1. The van der Waals surface area contributed by atoms with Gasteiger partial charge in [-0.25, -0.2) is 8.42 Å². The van der Waals surface area contributed by atoms with Crippen LogP contribution in [0, 0.1) is 0 Å². The number of carbonyl (C=O) groups excluding carboxylic acids is 1. The third-order valence-corrected chi connectivity index (χ3v) is 5.26. The molecule has 0 saturated heterocycles. The first-order valence-corrected chi connectivity index (χ1v) is 9.56. The highest BCUT2D eigenvalue weighted by molar-refractivity contribution is 7.91. The van der Waals surface area contributed by atoms with Gasteiger partial charge in [-0.05, 0) is 36.2 Å². The maximum absolute atomic E-state index is 12.6. The van der Waals surface area contributed by atoms with Gasteiger partial charge in [-0.1, -0.05) is 30.3 Å². The van der Waals surface area contributed by atoms with Crippen molar-refractivity contribution < 1.29 is 22.0 Å². The minimum absolute atomic E-state index is 0. The number of sulfone groups is 1. The zero-order valence-corrected chi connectivity index (χ0v) is 16.1. The van der Waals surface area contributed by atoms with Crippen molar-refractivity contribution in [3.8, 4) is 0 Å². The first-order chi connectivity index (χ1) is 12.4. The Kier molecular flexibility index (Phi) is 8.81.